The van der Waals surface area contributed by atoms with Gasteiger partial charge >= 0.3 is 0 Å². The highest BCUT2D eigenvalue weighted by molar-refractivity contribution is 5.77. The highest BCUT2D eigenvalue weighted by Gasteiger charge is 2.30. The molecule has 0 unspecified atom stereocenters. The van der Waals surface area contributed by atoms with E-state index in [0.29, 0.717) is 0 Å². The van der Waals surface area contributed by atoms with Gasteiger partial charge in [0.25, 0.3) is 0 Å². The lowest BCUT2D eigenvalue weighted by Crippen LogP contribution is -1.99. The van der Waals surface area contributed by atoms with Gasteiger partial charge in [0.2, 0.25) is 0 Å². The van der Waals surface area contributed by atoms with E-state index < -0.39 is 0 Å². The molecule has 3 aromatic rings. The van der Waals surface area contributed by atoms with Gasteiger partial charge < -0.3 is 19.5 Å². The van der Waals surface area contributed by atoms with Gasteiger partial charge in [-0.15, -0.1) is 0 Å². The summed E-state index contributed by atoms with van der Waals surface area (Å²) in [5, 5.41) is 19.9. The Morgan fingerprint density at radius 2 is 1.67 bits per heavy atom. The Bertz CT molecular complexity index is 911. The number of fused-ring (bicyclic) bond motifs is 3. The first-order chi connectivity index (χ1) is 11.8. The summed E-state index contributed by atoms with van der Waals surface area (Å²) in [6.07, 6.45) is 0.758. The van der Waals surface area contributed by atoms with E-state index in [1.54, 1.807) is 7.11 Å². The molecule has 0 atom stereocenters. The van der Waals surface area contributed by atoms with Crippen molar-refractivity contribution in [2.24, 2.45) is 0 Å². The van der Waals surface area contributed by atoms with E-state index in [-0.39, 0.29) is 13.2 Å². The molecule has 122 valence electrons. The lowest BCUT2D eigenvalue weighted by molar-refractivity contribution is 0.260. The third-order valence-corrected chi connectivity index (χ3v) is 4.76. The van der Waals surface area contributed by atoms with Crippen molar-refractivity contribution >= 4 is 0 Å². The van der Waals surface area contributed by atoms with Crippen molar-refractivity contribution in [3.8, 4) is 22.7 Å². The largest absolute Gasteiger partial charge is 0.496 e. The van der Waals surface area contributed by atoms with Crippen LogP contribution < -0.4 is 4.74 Å². The predicted molar refractivity (Wildman–Crippen MR) is 92.4 cm³/mol. The van der Waals surface area contributed by atoms with Crippen molar-refractivity contribution in [2.75, 3.05) is 7.11 Å². The molecule has 0 saturated carbocycles. The average Bonchev–Trinajstić information content (AvgIpc) is 3.15. The van der Waals surface area contributed by atoms with E-state index in [0.717, 1.165) is 45.9 Å². The molecule has 4 nitrogen and oxygen atoms in total. The molecule has 2 heterocycles. The zero-order chi connectivity index (χ0) is 16.7. The summed E-state index contributed by atoms with van der Waals surface area (Å²) in [6, 6.07) is 16.0. The van der Waals surface area contributed by atoms with Gasteiger partial charge in [0.1, 0.15) is 5.75 Å². The van der Waals surface area contributed by atoms with Crippen molar-refractivity contribution in [2.45, 2.75) is 19.6 Å². The number of aliphatic hydroxyl groups is 2. The molecule has 24 heavy (non-hydrogen) atoms. The second-order valence-electron chi connectivity index (χ2n) is 5.91. The standard InChI is InChI=1S/C20H19NO3/c1-24-19-9-5-3-7-14(19)20-16(12-23)15(11-22)18-10-13-6-2-4-8-17(13)21(18)20/h2-9,22-23H,10-12H2,1H3. The third-order valence-electron chi connectivity index (χ3n) is 4.76. The topological polar surface area (TPSA) is 54.6 Å². The van der Waals surface area contributed by atoms with E-state index in [1.807, 2.05) is 36.4 Å². The SMILES string of the molecule is COc1ccccc1-c1c(CO)c(CO)c2n1-c1ccccc1C2. The summed E-state index contributed by atoms with van der Waals surface area (Å²) in [5.74, 6) is 0.751. The maximum Gasteiger partial charge on any atom is 0.128 e. The van der Waals surface area contributed by atoms with E-state index in [2.05, 4.69) is 16.7 Å². The number of hydrogen-bond acceptors (Lipinski definition) is 3. The summed E-state index contributed by atoms with van der Waals surface area (Å²) < 4.78 is 7.69. The highest BCUT2D eigenvalue weighted by Crippen LogP contribution is 2.43. The van der Waals surface area contributed by atoms with Crippen LogP contribution in [0.3, 0.4) is 0 Å². The van der Waals surface area contributed by atoms with Gasteiger partial charge in [-0.1, -0.05) is 30.3 Å². The van der Waals surface area contributed by atoms with Crippen LogP contribution in [0.4, 0.5) is 0 Å². The lowest BCUT2D eigenvalue weighted by atomic mass is 10.0. The van der Waals surface area contributed by atoms with Gasteiger partial charge in [0.05, 0.1) is 26.0 Å². The number of rotatable bonds is 4. The van der Waals surface area contributed by atoms with Crippen molar-refractivity contribution in [1.82, 2.24) is 4.57 Å². The minimum absolute atomic E-state index is 0.0889. The van der Waals surface area contributed by atoms with Crippen LogP contribution in [0.2, 0.25) is 0 Å². The first-order valence-corrected chi connectivity index (χ1v) is 7.98. The van der Waals surface area contributed by atoms with E-state index in [9.17, 15) is 10.2 Å². The molecular formula is C20H19NO3. The summed E-state index contributed by atoms with van der Waals surface area (Å²) in [6.45, 7) is -0.209. The summed E-state index contributed by atoms with van der Waals surface area (Å²) in [4.78, 5) is 0. The Kier molecular flexibility index (Phi) is 3.63. The highest BCUT2D eigenvalue weighted by atomic mass is 16.5. The molecule has 1 aliphatic heterocycles. The van der Waals surface area contributed by atoms with Crippen molar-refractivity contribution in [3.63, 3.8) is 0 Å². The van der Waals surface area contributed by atoms with Crippen LogP contribution >= 0.6 is 0 Å². The smallest absolute Gasteiger partial charge is 0.128 e. The number of benzene rings is 2. The number of para-hydroxylation sites is 2. The number of nitrogens with zero attached hydrogens (tertiary/aromatic N) is 1. The molecule has 0 radical (unpaired) electrons. The van der Waals surface area contributed by atoms with Gasteiger partial charge in [0, 0.05) is 34.5 Å². The molecule has 2 aromatic carbocycles. The number of methoxy groups -OCH3 is 1. The molecule has 0 aliphatic carbocycles. The Balaban J connectivity index is 2.08. The summed E-state index contributed by atoms with van der Waals surface area (Å²) >= 11 is 0. The Hall–Kier alpha value is -2.56. The molecule has 0 bridgehead atoms. The zero-order valence-electron chi connectivity index (χ0n) is 13.5. The Morgan fingerprint density at radius 1 is 0.958 bits per heavy atom. The molecule has 0 amide bonds. The zero-order valence-corrected chi connectivity index (χ0v) is 13.5. The van der Waals surface area contributed by atoms with Crippen LogP contribution in [-0.2, 0) is 19.6 Å². The first-order valence-electron chi connectivity index (χ1n) is 7.98. The van der Waals surface area contributed by atoms with Gasteiger partial charge in [0.15, 0.2) is 0 Å². The quantitative estimate of drug-likeness (QED) is 0.607. The van der Waals surface area contributed by atoms with Crippen LogP contribution in [0, 0.1) is 0 Å². The molecule has 4 heteroatoms. The minimum Gasteiger partial charge on any atom is -0.496 e. The second-order valence-corrected chi connectivity index (χ2v) is 5.91. The predicted octanol–water partition coefficient (Wildman–Crippen LogP) is 3.04. The number of hydrogen-bond donors (Lipinski definition) is 2. The normalized spacial score (nSPS) is 12.1. The van der Waals surface area contributed by atoms with Gasteiger partial charge in [-0.05, 0) is 23.8 Å². The Morgan fingerprint density at radius 3 is 2.42 bits per heavy atom. The van der Waals surface area contributed by atoms with Crippen LogP contribution in [0.5, 0.6) is 5.75 Å². The van der Waals surface area contributed by atoms with Crippen LogP contribution in [0.25, 0.3) is 16.9 Å². The number of aliphatic hydroxyl groups excluding tert-OH is 2. The average molecular weight is 321 g/mol. The fraction of sp³-hybridized carbons (Fsp3) is 0.200. The van der Waals surface area contributed by atoms with E-state index in [1.165, 1.54) is 5.56 Å². The van der Waals surface area contributed by atoms with Crippen molar-refractivity contribution < 1.29 is 14.9 Å². The Labute approximate surface area is 140 Å². The molecule has 0 spiro atoms. The lowest BCUT2D eigenvalue weighted by Gasteiger charge is -2.14. The van der Waals surface area contributed by atoms with Gasteiger partial charge in [-0.3, -0.25) is 0 Å². The fourth-order valence-corrected chi connectivity index (χ4v) is 3.71. The minimum atomic E-state index is -0.120. The van der Waals surface area contributed by atoms with Crippen molar-refractivity contribution in [1.29, 1.82) is 0 Å². The van der Waals surface area contributed by atoms with E-state index >= 15 is 0 Å². The summed E-state index contributed by atoms with van der Waals surface area (Å²) in [5.41, 5.74) is 6.77. The molecule has 0 saturated heterocycles. The first kappa shape index (κ1) is 15.0. The maximum absolute atomic E-state index is 10.00. The second kappa shape index (κ2) is 5.82. The number of ether oxygens (including phenoxy) is 1. The molecule has 4 rings (SSSR count). The summed E-state index contributed by atoms with van der Waals surface area (Å²) in [7, 11) is 1.65. The molecular weight excluding hydrogens is 302 g/mol. The maximum atomic E-state index is 10.00. The number of aromatic nitrogens is 1. The molecule has 1 aliphatic rings. The molecule has 0 fully saturated rings. The van der Waals surface area contributed by atoms with Crippen LogP contribution in [-0.4, -0.2) is 21.9 Å². The molecule has 2 N–H and O–H groups in total. The van der Waals surface area contributed by atoms with E-state index in [4.69, 9.17) is 4.74 Å². The van der Waals surface area contributed by atoms with Crippen molar-refractivity contribution in [3.05, 3.63) is 70.9 Å². The monoisotopic (exact) mass is 321 g/mol. The molecule has 1 aromatic heterocycles. The third kappa shape index (κ3) is 2.00. The fourth-order valence-electron chi connectivity index (χ4n) is 3.71. The van der Waals surface area contributed by atoms with Crippen LogP contribution in [0.15, 0.2) is 48.5 Å². The van der Waals surface area contributed by atoms with Gasteiger partial charge in [-0.2, -0.15) is 0 Å². The van der Waals surface area contributed by atoms with Gasteiger partial charge in [-0.25, -0.2) is 0 Å². The van der Waals surface area contributed by atoms with Crippen LogP contribution in [0.1, 0.15) is 22.4 Å².